The molecule has 2 N–H and O–H groups in total. The summed E-state index contributed by atoms with van der Waals surface area (Å²) in [5, 5.41) is 8.63. The molecule has 3 rings (SSSR count). The van der Waals surface area contributed by atoms with Crippen LogP contribution in [0.3, 0.4) is 0 Å². The minimum Gasteiger partial charge on any atom is -0.319 e. The molecule has 1 saturated heterocycles. The second kappa shape index (κ2) is 5.85. The topological polar surface area (TPSA) is 108 Å². The van der Waals surface area contributed by atoms with Crippen LogP contribution in [-0.2, 0) is 10.0 Å². The van der Waals surface area contributed by atoms with Crippen molar-refractivity contribution in [2.24, 2.45) is 0 Å². The van der Waals surface area contributed by atoms with Gasteiger partial charge in [0.15, 0.2) is 0 Å². The molecular formula is C13H15N5O3S. The van der Waals surface area contributed by atoms with Gasteiger partial charge in [-0.05, 0) is 31.0 Å². The zero-order valence-corrected chi connectivity index (χ0v) is 12.5. The number of amides is 1. The summed E-state index contributed by atoms with van der Waals surface area (Å²) >= 11 is 0. The Labute approximate surface area is 127 Å². The molecule has 1 aliphatic heterocycles. The standard InChI is InChI=1S/C13H15N5O3S/c19-13(12-14-9-15-17-12)16-10-4-3-5-11(8-10)22(20,21)18-6-1-2-7-18/h3-5,8-9H,1-2,6-7H2,(H,16,19)(H,14,15,17). The van der Waals surface area contributed by atoms with Gasteiger partial charge in [0.2, 0.25) is 15.8 Å². The molecule has 0 bridgehead atoms. The molecule has 0 saturated carbocycles. The monoisotopic (exact) mass is 321 g/mol. The van der Waals surface area contributed by atoms with Crippen LogP contribution < -0.4 is 5.32 Å². The summed E-state index contributed by atoms with van der Waals surface area (Å²) in [4.78, 5) is 15.8. The van der Waals surface area contributed by atoms with Gasteiger partial charge in [0.25, 0.3) is 5.91 Å². The lowest BCUT2D eigenvalue weighted by Gasteiger charge is -2.16. The van der Waals surface area contributed by atoms with Crippen LogP contribution in [0, 0.1) is 0 Å². The summed E-state index contributed by atoms with van der Waals surface area (Å²) in [6, 6.07) is 6.19. The maximum absolute atomic E-state index is 12.5. The predicted molar refractivity (Wildman–Crippen MR) is 78.8 cm³/mol. The Morgan fingerprint density at radius 2 is 2.05 bits per heavy atom. The van der Waals surface area contributed by atoms with E-state index in [-0.39, 0.29) is 10.7 Å². The number of H-pyrrole nitrogens is 1. The van der Waals surface area contributed by atoms with Crippen molar-refractivity contribution in [3.63, 3.8) is 0 Å². The van der Waals surface area contributed by atoms with Crippen LogP contribution >= 0.6 is 0 Å². The molecule has 0 unspecified atom stereocenters. The highest BCUT2D eigenvalue weighted by Gasteiger charge is 2.27. The van der Waals surface area contributed by atoms with E-state index in [1.165, 1.54) is 22.8 Å². The van der Waals surface area contributed by atoms with Gasteiger partial charge in [0, 0.05) is 18.8 Å². The number of anilines is 1. The van der Waals surface area contributed by atoms with Gasteiger partial charge in [-0.2, -0.15) is 9.40 Å². The molecule has 2 heterocycles. The Balaban J connectivity index is 1.82. The first-order valence-electron chi connectivity index (χ1n) is 6.84. The van der Waals surface area contributed by atoms with Crippen molar-refractivity contribution in [1.82, 2.24) is 19.5 Å². The number of nitrogens with one attached hydrogen (secondary N) is 2. The predicted octanol–water partition coefficient (Wildman–Crippen LogP) is 0.841. The van der Waals surface area contributed by atoms with Crippen molar-refractivity contribution < 1.29 is 13.2 Å². The highest BCUT2D eigenvalue weighted by atomic mass is 32.2. The lowest BCUT2D eigenvalue weighted by atomic mass is 10.3. The number of sulfonamides is 1. The minimum absolute atomic E-state index is 0.0628. The Bertz CT molecular complexity index is 767. The van der Waals surface area contributed by atoms with E-state index in [4.69, 9.17) is 0 Å². The van der Waals surface area contributed by atoms with Gasteiger partial charge in [0.1, 0.15) is 6.33 Å². The zero-order chi connectivity index (χ0) is 15.6. The second-order valence-electron chi connectivity index (χ2n) is 4.93. The third kappa shape index (κ3) is 2.85. The van der Waals surface area contributed by atoms with Crippen LogP contribution in [0.15, 0.2) is 35.5 Å². The van der Waals surface area contributed by atoms with E-state index in [1.807, 2.05) is 0 Å². The first kappa shape index (κ1) is 14.7. The highest BCUT2D eigenvalue weighted by Crippen LogP contribution is 2.23. The molecule has 1 aromatic carbocycles. The van der Waals surface area contributed by atoms with E-state index in [2.05, 4.69) is 20.5 Å². The van der Waals surface area contributed by atoms with E-state index >= 15 is 0 Å². The number of carbonyl (C=O) groups excluding carboxylic acids is 1. The number of nitrogens with zero attached hydrogens (tertiary/aromatic N) is 3. The fraction of sp³-hybridized carbons (Fsp3) is 0.308. The average molecular weight is 321 g/mol. The molecule has 116 valence electrons. The van der Waals surface area contributed by atoms with Crippen molar-refractivity contribution in [3.05, 3.63) is 36.4 Å². The average Bonchev–Trinajstić information content (AvgIpc) is 3.21. The molecule has 0 radical (unpaired) electrons. The molecule has 1 amide bonds. The van der Waals surface area contributed by atoms with Gasteiger partial charge >= 0.3 is 0 Å². The lowest BCUT2D eigenvalue weighted by Crippen LogP contribution is -2.28. The molecular weight excluding hydrogens is 306 g/mol. The molecule has 1 aliphatic rings. The molecule has 0 aliphatic carbocycles. The van der Waals surface area contributed by atoms with E-state index in [1.54, 1.807) is 12.1 Å². The number of rotatable bonds is 4. The fourth-order valence-corrected chi connectivity index (χ4v) is 3.88. The van der Waals surface area contributed by atoms with Crippen molar-refractivity contribution >= 4 is 21.6 Å². The summed E-state index contributed by atoms with van der Waals surface area (Å²) < 4.78 is 26.4. The molecule has 22 heavy (non-hydrogen) atoms. The van der Waals surface area contributed by atoms with Crippen molar-refractivity contribution in [1.29, 1.82) is 0 Å². The molecule has 9 heteroatoms. The van der Waals surface area contributed by atoms with E-state index in [0.29, 0.717) is 18.8 Å². The first-order chi connectivity index (χ1) is 10.6. The second-order valence-corrected chi connectivity index (χ2v) is 6.87. The molecule has 8 nitrogen and oxygen atoms in total. The number of benzene rings is 1. The molecule has 2 aromatic rings. The van der Waals surface area contributed by atoms with Crippen LogP contribution in [0.4, 0.5) is 5.69 Å². The number of aromatic nitrogens is 3. The van der Waals surface area contributed by atoms with Gasteiger partial charge in [-0.15, -0.1) is 0 Å². The number of hydrogen-bond acceptors (Lipinski definition) is 5. The molecule has 1 aromatic heterocycles. The Kier molecular flexibility index (Phi) is 3.90. The summed E-state index contributed by atoms with van der Waals surface area (Å²) in [6.45, 7) is 1.08. The van der Waals surface area contributed by atoms with Crippen LogP contribution in [0.5, 0.6) is 0 Å². The van der Waals surface area contributed by atoms with E-state index in [9.17, 15) is 13.2 Å². The van der Waals surface area contributed by atoms with Gasteiger partial charge in [-0.1, -0.05) is 6.07 Å². The summed E-state index contributed by atoms with van der Waals surface area (Å²) in [5.41, 5.74) is 0.390. The summed E-state index contributed by atoms with van der Waals surface area (Å²) in [7, 11) is -3.50. The van der Waals surface area contributed by atoms with Crippen LogP contribution in [-0.4, -0.2) is 46.9 Å². The summed E-state index contributed by atoms with van der Waals surface area (Å²) in [5.74, 6) is -0.416. The third-order valence-corrected chi connectivity index (χ3v) is 5.32. The third-order valence-electron chi connectivity index (χ3n) is 3.42. The normalized spacial score (nSPS) is 15.8. The Hall–Kier alpha value is -2.26. The molecule has 0 atom stereocenters. The van der Waals surface area contributed by atoms with Crippen LogP contribution in [0.2, 0.25) is 0 Å². The van der Waals surface area contributed by atoms with Gasteiger partial charge in [0.05, 0.1) is 4.90 Å². The van der Waals surface area contributed by atoms with Crippen molar-refractivity contribution in [2.75, 3.05) is 18.4 Å². The van der Waals surface area contributed by atoms with E-state index < -0.39 is 15.9 Å². The molecule has 0 spiro atoms. The largest absolute Gasteiger partial charge is 0.319 e. The SMILES string of the molecule is O=C(Nc1cccc(S(=O)(=O)N2CCCC2)c1)c1ncn[nH]1. The van der Waals surface area contributed by atoms with Crippen molar-refractivity contribution in [2.45, 2.75) is 17.7 Å². The van der Waals surface area contributed by atoms with Gasteiger partial charge in [-0.25, -0.2) is 13.4 Å². The van der Waals surface area contributed by atoms with Crippen LogP contribution in [0.1, 0.15) is 23.5 Å². The first-order valence-corrected chi connectivity index (χ1v) is 8.28. The maximum atomic E-state index is 12.5. The van der Waals surface area contributed by atoms with E-state index in [0.717, 1.165) is 12.8 Å². The highest BCUT2D eigenvalue weighted by molar-refractivity contribution is 7.89. The lowest BCUT2D eigenvalue weighted by molar-refractivity contribution is 0.101. The number of carbonyl (C=O) groups is 1. The van der Waals surface area contributed by atoms with Crippen molar-refractivity contribution in [3.8, 4) is 0 Å². The van der Waals surface area contributed by atoms with Gasteiger partial charge in [-0.3, -0.25) is 9.89 Å². The Morgan fingerprint density at radius 3 is 2.73 bits per heavy atom. The fourth-order valence-electron chi connectivity index (χ4n) is 2.32. The number of hydrogen-bond donors (Lipinski definition) is 2. The maximum Gasteiger partial charge on any atom is 0.292 e. The smallest absolute Gasteiger partial charge is 0.292 e. The quantitative estimate of drug-likeness (QED) is 0.867. The molecule has 1 fully saturated rings. The Morgan fingerprint density at radius 1 is 1.27 bits per heavy atom. The summed E-state index contributed by atoms with van der Waals surface area (Å²) in [6.07, 6.45) is 2.98. The number of aromatic amines is 1. The van der Waals surface area contributed by atoms with Crippen LogP contribution in [0.25, 0.3) is 0 Å². The zero-order valence-electron chi connectivity index (χ0n) is 11.7. The van der Waals surface area contributed by atoms with Gasteiger partial charge < -0.3 is 5.32 Å². The minimum atomic E-state index is -3.50.